The van der Waals surface area contributed by atoms with Crippen molar-refractivity contribution in [3.05, 3.63) is 46.5 Å². The summed E-state index contributed by atoms with van der Waals surface area (Å²) in [5, 5.41) is 15.5. The number of hydrogen-bond donors (Lipinski definition) is 2. The Morgan fingerprint density at radius 2 is 2.04 bits per heavy atom. The number of aryl methyl sites for hydroxylation is 3. The standard InChI is InChI=1S/C20H30N6/c1-15-8-9-17(16(2)13-15)14-23-20(21-3)22-11-10-19-25-24-18-7-5-4-6-12-26(18)19/h8-9,13H,4-7,10-12,14H2,1-3H3,(H2,21,22,23). The van der Waals surface area contributed by atoms with Crippen molar-refractivity contribution in [3.8, 4) is 0 Å². The molecule has 0 bridgehead atoms. The second kappa shape index (κ2) is 8.83. The first-order valence-electron chi connectivity index (χ1n) is 9.59. The van der Waals surface area contributed by atoms with E-state index in [2.05, 4.69) is 62.4 Å². The molecule has 0 fully saturated rings. The van der Waals surface area contributed by atoms with Crippen LogP contribution in [0.15, 0.2) is 23.2 Å². The molecule has 6 heteroatoms. The highest BCUT2D eigenvalue weighted by Crippen LogP contribution is 2.14. The number of aromatic nitrogens is 3. The van der Waals surface area contributed by atoms with Crippen LogP contribution < -0.4 is 10.6 Å². The molecule has 1 aliphatic rings. The molecule has 0 spiro atoms. The predicted octanol–water partition coefficient (Wildman–Crippen LogP) is 2.53. The molecule has 1 aromatic carbocycles. The van der Waals surface area contributed by atoms with Crippen molar-refractivity contribution in [2.75, 3.05) is 13.6 Å². The molecule has 0 aliphatic carbocycles. The fourth-order valence-electron chi connectivity index (χ4n) is 3.47. The quantitative estimate of drug-likeness (QED) is 0.640. The van der Waals surface area contributed by atoms with Crippen LogP contribution in [0.3, 0.4) is 0 Å². The molecule has 2 heterocycles. The van der Waals surface area contributed by atoms with Crippen LogP contribution >= 0.6 is 0 Å². The van der Waals surface area contributed by atoms with Crippen molar-refractivity contribution in [3.63, 3.8) is 0 Å². The molecule has 0 radical (unpaired) electrons. The maximum absolute atomic E-state index is 4.39. The van der Waals surface area contributed by atoms with Gasteiger partial charge in [-0.25, -0.2) is 0 Å². The van der Waals surface area contributed by atoms with E-state index in [-0.39, 0.29) is 0 Å². The van der Waals surface area contributed by atoms with E-state index in [0.717, 1.165) is 50.1 Å². The van der Waals surface area contributed by atoms with Gasteiger partial charge in [-0.3, -0.25) is 4.99 Å². The van der Waals surface area contributed by atoms with E-state index in [0.29, 0.717) is 0 Å². The second-order valence-electron chi connectivity index (χ2n) is 7.03. The van der Waals surface area contributed by atoms with Crippen molar-refractivity contribution < 1.29 is 0 Å². The van der Waals surface area contributed by atoms with Gasteiger partial charge in [-0.2, -0.15) is 0 Å². The summed E-state index contributed by atoms with van der Waals surface area (Å²) in [6.45, 7) is 6.89. The highest BCUT2D eigenvalue weighted by molar-refractivity contribution is 5.79. The van der Waals surface area contributed by atoms with Crippen LogP contribution in [0, 0.1) is 13.8 Å². The first kappa shape index (κ1) is 18.4. The van der Waals surface area contributed by atoms with E-state index in [1.165, 1.54) is 36.0 Å². The highest BCUT2D eigenvalue weighted by atomic mass is 15.3. The maximum atomic E-state index is 4.39. The zero-order valence-corrected chi connectivity index (χ0v) is 16.2. The molecule has 0 saturated carbocycles. The van der Waals surface area contributed by atoms with Gasteiger partial charge in [0, 0.05) is 39.5 Å². The molecule has 0 atom stereocenters. The van der Waals surface area contributed by atoms with Gasteiger partial charge in [-0.1, -0.05) is 30.2 Å². The third-order valence-electron chi connectivity index (χ3n) is 5.00. The number of nitrogens with zero attached hydrogens (tertiary/aromatic N) is 4. The van der Waals surface area contributed by atoms with E-state index >= 15 is 0 Å². The van der Waals surface area contributed by atoms with Gasteiger partial charge < -0.3 is 15.2 Å². The van der Waals surface area contributed by atoms with E-state index in [4.69, 9.17) is 0 Å². The summed E-state index contributed by atoms with van der Waals surface area (Å²) in [7, 11) is 1.81. The van der Waals surface area contributed by atoms with Gasteiger partial charge in [0.1, 0.15) is 11.6 Å². The van der Waals surface area contributed by atoms with Gasteiger partial charge in [-0.05, 0) is 37.8 Å². The van der Waals surface area contributed by atoms with Crippen molar-refractivity contribution in [1.29, 1.82) is 0 Å². The Bertz CT molecular complexity index is 762. The molecule has 2 aromatic rings. The van der Waals surface area contributed by atoms with E-state index in [1.54, 1.807) is 7.05 Å². The summed E-state index contributed by atoms with van der Waals surface area (Å²) in [6.07, 6.45) is 5.66. The molecule has 1 aliphatic heterocycles. The summed E-state index contributed by atoms with van der Waals surface area (Å²) in [6, 6.07) is 6.54. The molecule has 2 N–H and O–H groups in total. The Morgan fingerprint density at radius 1 is 1.15 bits per heavy atom. The summed E-state index contributed by atoms with van der Waals surface area (Å²) < 4.78 is 2.31. The first-order valence-corrected chi connectivity index (χ1v) is 9.59. The molecule has 1 aromatic heterocycles. The van der Waals surface area contributed by atoms with Gasteiger partial charge in [0.25, 0.3) is 0 Å². The average molecular weight is 355 g/mol. The molecular formula is C20H30N6. The molecule has 0 saturated heterocycles. The number of rotatable bonds is 5. The second-order valence-corrected chi connectivity index (χ2v) is 7.03. The zero-order valence-electron chi connectivity index (χ0n) is 16.2. The molecule has 6 nitrogen and oxygen atoms in total. The first-order chi connectivity index (χ1) is 12.7. The fourth-order valence-corrected chi connectivity index (χ4v) is 3.47. The normalized spacial score (nSPS) is 14.7. The Balaban J connectivity index is 1.49. The van der Waals surface area contributed by atoms with Gasteiger partial charge in [-0.15, -0.1) is 10.2 Å². The predicted molar refractivity (Wildman–Crippen MR) is 105 cm³/mol. The Hall–Kier alpha value is -2.37. The Morgan fingerprint density at radius 3 is 2.85 bits per heavy atom. The summed E-state index contributed by atoms with van der Waals surface area (Å²) >= 11 is 0. The van der Waals surface area contributed by atoms with Crippen molar-refractivity contribution in [2.24, 2.45) is 4.99 Å². The highest BCUT2D eigenvalue weighted by Gasteiger charge is 2.14. The summed E-state index contributed by atoms with van der Waals surface area (Å²) in [5.41, 5.74) is 3.89. The van der Waals surface area contributed by atoms with Crippen LogP contribution in [0.2, 0.25) is 0 Å². The molecule has 140 valence electrons. The van der Waals surface area contributed by atoms with Gasteiger partial charge in [0.2, 0.25) is 0 Å². The van der Waals surface area contributed by atoms with Gasteiger partial charge >= 0.3 is 0 Å². The Labute approximate surface area is 156 Å². The third-order valence-corrected chi connectivity index (χ3v) is 5.00. The summed E-state index contributed by atoms with van der Waals surface area (Å²) in [5.74, 6) is 3.05. The van der Waals surface area contributed by atoms with Crippen LogP contribution in [-0.2, 0) is 25.9 Å². The lowest BCUT2D eigenvalue weighted by molar-refractivity contribution is 0.600. The number of guanidine groups is 1. The van der Waals surface area contributed by atoms with E-state index in [1.807, 2.05) is 0 Å². The maximum Gasteiger partial charge on any atom is 0.191 e. The van der Waals surface area contributed by atoms with Crippen LogP contribution in [-0.4, -0.2) is 34.3 Å². The van der Waals surface area contributed by atoms with Gasteiger partial charge in [0.05, 0.1) is 0 Å². The largest absolute Gasteiger partial charge is 0.356 e. The number of aliphatic imine (C=N–C) groups is 1. The average Bonchev–Trinajstić information content (AvgIpc) is 2.86. The lowest BCUT2D eigenvalue weighted by Crippen LogP contribution is -2.38. The minimum absolute atomic E-state index is 0.770. The van der Waals surface area contributed by atoms with Crippen LogP contribution in [0.4, 0.5) is 0 Å². The lowest BCUT2D eigenvalue weighted by atomic mass is 10.1. The topological polar surface area (TPSA) is 67.1 Å². The molecule has 0 amide bonds. The van der Waals surface area contributed by atoms with Crippen LogP contribution in [0.5, 0.6) is 0 Å². The molecule has 0 unspecified atom stereocenters. The smallest absolute Gasteiger partial charge is 0.191 e. The lowest BCUT2D eigenvalue weighted by Gasteiger charge is -2.14. The molecular weight excluding hydrogens is 324 g/mol. The van der Waals surface area contributed by atoms with Crippen molar-refractivity contribution in [2.45, 2.75) is 59.0 Å². The molecule has 26 heavy (non-hydrogen) atoms. The van der Waals surface area contributed by atoms with E-state index < -0.39 is 0 Å². The van der Waals surface area contributed by atoms with Crippen molar-refractivity contribution >= 4 is 5.96 Å². The SMILES string of the molecule is CN=C(NCCc1nnc2n1CCCCC2)NCc1ccc(C)cc1C. The monoisotopic (exact) mass is 354 g/mol. The van der Waals surface area contributed by atoms with Crippen molar-refractivity contribution in [1.82, 2.24) is 25.4 Å². The number of nitrogens with one attached hydrogen (secondary N) is 2. The number of hydrogen-bond acceptors (Lipinski definition) is 3. The van der Waals surface area contributed by atoms with Gasteiger partial charge in [0.15, 0.2) is 5.96 Å². The minimum atomic E-state index is 0.770. The Kier molecular flexibility index (Phi) is 6.26. The fraction of sp³-hybridized carbons (Fsp3) is 0.550. The minimum Gasteiger partial charge on any atom is -0.356 e. The zero-order chi connectivity index (χ0) is 18.4. The molecule has 3 rings (SSSR count). The third kappa shape index (κ3) is 4.62. The summed E-state index contributed by atoms with van der Waals surface area (Å²) in [4.78, 5) is 4.32. The van der Waals surface area contributed by atoms with Crippen LogP contribution in [0.25, 0.3) is 0 Å². The van der Waals surface area contributed by atoms with E-state index in [9.17, 15) is 0 Å². The van der Waals surface area contributed by atoms with Crippen LogP contribution in [0.1, 0.15) is 47.6 Å². The number of benzene rings is 1. The number of fused-ring (bicyclic) bond motifs is 1.